The lowest BCUT2D eigenvalue weighted by Gasteiger charge is -2.03. The highest BCUT2D eigenvalue weighted by molar-refractivity contribution is 7.10. The summed E-state index contributed by atoms with van der Waals surface area (Å²) in [6.45, 7) is 2.25. The number of aryl methyl sites for hydroxylation is 1. The first-order chi connectivity index (χ1) is 7.36. The molecule has 0 aliphatic heterocycles. The average molecular weight is 224 g/mol. The highest BCUT2D eigenvalue weighted by Gasteiger charge is 1.94. The van der Waals surface area contributed by atoms with Crippen molar-refractivity contribution >= 4 is 9.47 Å². The molecule has 15 heavy (non-hydrogen) atoms. The van der Waals surface area contributed by atoms with Gasteiger partial charge >= 0.3 is 0 Å². The summed E-state index contributed by atoms with van der Waals surface area (Å²) in [5, 5.41) is 0. The molecular weight excluding hydrogens is 203 g/mol. The van der Waals surface area contributed by atoms with Crippen molar-refractivity contribution in [3.63, 3.8) is 0 Å². The fourth-order valence-corrected chi connectivity index (χ4v) is 1.82. The molecule has 0 spiro atoms. The zero-order chi connectivity index (χ0) is 10.9. The summed E-state index contributed by atoms with van der Waals surface area (Å²) in [5.74, 6) is 0.912. The van der Waals surface area contributed by atoms with Gasteiger partial charge in [0.1, 0.15) is 5.75 Å². The van der Waals surface area contributed by atoms with Gasteiger partial charge in [0.15, 0.2) is 0 Å². The summed E-state index contributed by atoms with van der Waals surface area (Å²) in [6, 6.07) is 8.35. The molecule has 0 saturated heterocycles. The lowest BCUT2D eigenvalue weighted by Crippen LogP contribution is -1.86. The van der Waals surface area contributed by atoms with Crippen molar-refractivity contribution in [3.8, 4) is 5.75 Å². The molecule has 1 unspecified atom stereocenters. The standard InChI is InChI=1S/C13H21OP/c1-2-3-4-5-6-7-12-8-10-13(14-15)11-9-12/h8-11H,2-7,15H2,1H3. The van der Waals surface area contributed by atoms with Gasteiger partial charge in [0, 0.05) is 0 Å². The van der Waals surface area contributed by atoms with E-state index in [0.717, 1.165) is 5.75 Å². The summed E-state index contributed by atoms with van der Waals surface area (Å²) >= 11 is 0. The average Bonchev–Trinajstić information content (AvgIpc) is 2.30. The van der Waals surface area contributed by atoms with Gasteiger partial charge in [-0.15, -0.1) is 0 Å². The third-order valence-electron chi connectivity index (χ3n) is 2.63. The largest absolute Gasteiger partial charge is 0.480 e. The summed E-state index contributed by atoms with van der Waals surface area (Å²) < 4.78 is 5.04. The number of benzene rings is 1. The Morgan fingerprint density at radius 2 is 1.67 bits per heavy atom. The van der Waals surface area contributed by atoms with E-state index in [2.05, 4.69) is 28.5 Å². The second-order valence-electron chi connectivity index (χ2n) is 3.93. The summed E-state index contributed by atoms with van der Waals surface area (Å²) in [5.41, 5.74) is 1.41. The van der Waals surface area contributed by atoms with Crippen LogP contribution in [0.4, 0.5) is 0 Å². The van der Waals surface area contributed by atoms with Crippen LogP contribution in [0.15, 0.2) is 24.3 Å². The van der Waals surface area contributed by atoms with Crippen LogP contribution in [0.25, 0.3) is 0 Å². The van der Waals surface area contributed by atoms with E-state index in [0.29, 0.717) is 0 Å². The van der Waals surface area contributed by atoms with E-state index < -0.39 is 0 Å². The van der Waals surface area contributed by atoms with Crippen LogP contribution in [-0.2, 0) is 6.42 Å². The predicted octanol–water partition coefficient (Wildman–Crippen LogP) is 4.37. The van der Waals surface area contributed by atoms with Crippen molar-refractivity contribution in [1.82, 2.24) is 0 Å². The molecule has 1 aromatic carbocycles. The van der Waals surface area contributed by atoms with E-state index in [1.165, 1.54) is 44.1 Å². The van der Waals surface area contributed by atoms with Gasteiger partial charge in [0.25, 0.3) is 0 Å². The third kappa shape index (κ3) is 5.18. The van der Waals surface area contributed by atoms with E-state index in [1.807, 2.05) is 12.1 Å². The van der Waals surface area contributed by atoms with Crippen LogP contribution >= 0.6 is 9.47 Å². The summed E-state index contributed by atoms with van der Waals surface area (Å²) in [7, 11) is 2.27. The summed E-state index contributed by atoms with van der Waals surface area (Å²) in [6.07, 6.45) is 7.93. The Hall–Kier alpha value is -0.550. The van der Waals surface area contributed by atoms with Gasteiger partial charge in [0.2, 0.25) is 0 Å². The highest BCUT2D eigenvalue weighted by Crippen LogP contribution is 2.16. The highest BCUT2D eigenvalue weighted by atomic mass is 31.0. The number of unbranched alkanes of at least 4 members (excludes halogenated alkanes) is 4. The van der Waals surface area contributed by atoms with Gasteiger partial charge in [-0.25, -0.2) is 0 Å². The second kappa shape index (κ2) is 7.70. The minimum Gasteiger partial charge on any atom is -0.480 e. The first-order valence-electron chi connectivity index (χ1n) is 5.82. The first-order valence-corrected chi connectivity index (χ1v) is 6.29. The maximum atomic E-state index is 5.04. The Kier molecular flexibility index (Phi) is 6.43. The van der Waals surface area contributed by atoms with Gasteiger partial charge in [-0.05, 0) is 30.5 Å². The molecule has 1 rings (SSSR count). The number of hydrogen-bond acceptors (Lipinski definition) is 1. The van der Waals surface area contributed by atoms with Crippen molar-refractivity contribution in [2.75, 3.05) is 0 Å². The van der Waals surface area contributed by atoms with Gasteiger partial charge in [0.05, 0.1) is 9.47 Å². The molecule has 0 aromatic heterocycles. The Morgan fingerprint density at radius 3 is 2.27 bits per heavy atom. The molecule has 0 N–H and O–H groups in total. The Labute approximate surface area is 95.5 Å². The molecule has 2 heteroatoms. The van der Waals surface area contributed by atoms with Crippen molar-refractivity contribution in [2.24, 2.45) is 0 Å². The van der Waals surface area contributed by atoms with Crippen LogP contribution in [0.5, 0.6) is 5.75 Å². The van der Waals surface area contributed by atoms with Crippen LogP contribution in [0.3, 0.4) is 0 Å². The molecule has 0 bridgehead atoms. The van der Waals surface area contributed by atoms with Gasteiger partial charge in [-0.3, -0.25) is 0 Å². The minimum absolute atomic E-state index is 0.912. The quantitative estimate of drug-likeness (QED) is 0.493. The number of rotatable bonds is 7. The molecule has 0 amide bonds. The fourth-order valence-electron chi connectivity index (χ4n) is 1.67. The van der Waals surface area contributed by atoms with Crippen molar-refractivity contribution in [2.45, 2.75) is 45.4 Å². The maximum absolute atomic E-state index is 5.04. The molecule has 0 aliphatic rings. The molecular formula is C13H21OP. The van der Waals surface area contributed by atoms with Gasteiger partial charge in [-0.1, -0.05) is 44.7 Å². The molecule has 0 radical (unpaired) electrons. The Balaban J connectivity index is 2.20. The molecule has 1 aromatic rings. The van der Waals surface area contributed by atoms with Crippen LogP contribution in [0.2, 0.25) is 0 Å². The maximum Gasteiger partial charge on any atom is 0.122 e. The summed E-state index contributed by atoms with van der Waals surface area (Å²) in [4.78, 5) is 0. The molecule has 0 heterocycles. The van der Waals surface area contributed by atoms with Crippen LogP contribution in [-0.4, -0.2) is 0 Å². The zero-order valence-electron chi connectivity index (χ0n) is 9.54. The fraction of sp³-hybridized carbons (Fsp3) is 0.538. The third-order valence-corrected chi connectivity index (χ3v) is 2.90. The van der Waals surface area contributed by atoms with Crippen LogP contribution in [0.1, 0.15) is 44.6 Å². The normalized spacial score (nSPS) is 10.3. The van der Waals surface area contributed by atoms with E-state index in [1.54, 1.807) is 0 Å². The Bertz CT molecular complexity index is 256. The topological polar surface area (TPSA) is 9.23 Å². The van der Waals surface area contributed by atoms with E-state index in [4.69, 9.17) is 4.52 Å². The van der Waals surface area contributed by atoms with Crippen molar-refractivity contribution in [3.05, 3.63) is 29.8 Å². The molecule has 84 valence electrons. The second-order valence-corrected chi connectivity index (χ2v) is 4.16. The Morgan fingerprint density at radius 1 is 1.00 bits per heavy atom. The molecule has 1 nitrogen and oxygen atoms in total. The lowest BCUT2D eigenvalue weighted by atomic mass is 10.1. The van der Waals surface area contributed by atoms with Crippen molar-refractivity contribution in [1.29, 1.82) is 0 Å². The van der Waals surface area contributed by atoms with Gasteiger partial charge in [-0.2, -0.15) is 0 Å². The minimum atomic E-state index is 0.912. The van der Waals surface area contributed by atoms with Crippen LogP contribution < -0.4 is 4.52 Å². The monoisotopic (exact) mass is 224 g/mol. The van der Waals surface area contributed by atoms with E-state index >= 15 is 0 Å². The zero-order valence-corrected chi connectivity index (χ0v) is 10.7. The van der Waals surface area contributed by atoms with E-state index in [-0.39, 0.29) is 0 Å². The first kappa shape index (κ1) is 12.5. The van der Waals surface area contributed by atoms with E-state index in [9.17, 15) is 0 Å². The predicted molar refractivity (Wildman–Crippen MR) is 69.2 cm³/mol. The molecule has 0 saturated carbocycles. The molecule has 1 atom stereocenters. The lowest BCUT2D eigenvalue weighted by molar-refractivity contribution is 0.629. The SMILES string of the molecule is CCCCCCCc1ccc(OP)cc1. The molecule has 0 aliphatic carbocycles. The van der Waals surface area contributed by atoms with Crippen LogP contribution in [0, 0.1) is 0 Å². The van der Waals surface area contributed by atoms with Crippen molar-refractivity contribution < 1.29 is 4.52 Å². The molecule has 0 fully saturated rings. The number of hydrogen-bond donors (Lipinski definition) is 0. The smallest absolute Gasteiger partial charge is 0.122 e. The van der Waals surface area contributed by atoms with Gasteiger partial charge < -0.3 is 4.52 Å².